The van der Waals surface area contributed by atoms with Crippen molar-refractivity contribution in [3.8, 4) is 0 Å². The van der Waals surface area contributed by atoms with E-state index in [1.807, 2.05) is 0 Å². The Morgan fingerprint density at radius 1 is 1.35 bits per heavy atom. The van der Waals surface area contributed by atoms with E-state index in [-0.39, 0.29) is 18.0 Å². The summed E-state index contributed by atoms with van der Waals surface area (Å²) >= 11 is 0. The van der Waals surface area contributed by atoms with E-state index in [1.165, 1.54) is 26.2 Å². The molecule has 0 aromatic heterocycles. The third kappa shape index (κ3) is 5.73. The molecule has 1 unspecified atom stereocenters. The van der Waals surface area contributed by atoms with Crippen LogP contribution in [0.1, 0.15) is 13.8 Å². The predicted molar refractivity (Wildman–Crippen MR) is 84.6 cm³/mol. The number of rotatable bonds is 7. The van der Waals surface area contributed by atoms with Crippen LogP contribution in [-0.4, -0.2) is 37.5 Å². The Bertz CT molecular complexity index is 603. The van der Waals surface area contributed by atoms with Crippen molar-refractivity contribution in [2.24, 2.45) is 10.3 Å². The van der Waals surface area contributed by atoms with E-state index in [0.717, 1.165) is 0 Å². The third-order valence-electron chi connectivity index (χ3n) is 2.71. The molecule has 0 aliphatic rings. The Kier molecular flexibility index (Phi) is 7.18. The molecule has 2 N–H and O–H groups in total. The Balaban J connectivity index is 2.97. The van der Waals surface area contributed by atoms with Gasteiger partial charge in [0, 0.05) is 5.69 Å². The second kappa shape index (κ2) is 9.13. The topological polar surface area (TPSA) is 118 Å². The number of amides is 1. The van der Waals surface area contributed by atoms with Crippen LogP contribution in [0.25, 0.3) is 0 Å². The van der Waals surface area contributed by atoms with Crippen LogP contribution in [0.15, 0.2) is 34.5 Å². The van der Waals surface area contributed by atoms with Crippen LogP contribution >= 0.6 is 0 Å². The number of hydrogen-bond acceptors (Lipinski definition) is 8. The highest BCUT2D eigenvalue weighted by molar-refractivity contribution is 6.07. The van der Waals surface area contributed by atoms with Gasteiger partial charge in [-0.15, -0.1) is 4.91 Å². The quantitative estimate of drug-likeness (QED) is 0.344. The molecule has 0 radical (unpaired) electrons. The maximum Gasteiger partial charge on any atom is 0.427 e. The number of hydrogen-bond donors (Lipinski definition) is 2. The molecule has 1 aromatic carbocycles. The van der Waals surface area contributed by atoms with Gasteiger partial charge in [-0.05, 0) is 37.2 Å². The van der Waals surface area contributed by atoms with Crippen molar-refractivity contribution in [3.63, 3.8) is 0 Å². The van der Waals surface area contributed by atoms with E-state index < -0.39 is 18.1 Å². The van der Waals surface area contributed by atoms with E-state index >= 15 is 0 Å². The molecular weight excluding hydrogens is 304 g/mol. The van der Waals surface area contributed by atoms with Crippen LogP contribution in [0.3, 0.4) is 0 Å². The molecule has 0 spiro atoms. The molecule has 0 saturated carbocycles. The van der Waals surface area contributed by atoms with E-state index in [4.69, 9.17) is 4.74 Å². The Morgan fingerprint density at radius 2 is 2.09 bits per heavy atom. The first-order valence-corrected chi connectivity index (χ1v) is 6.76. The minimum Gasteiger partial charge on any atom is -0.464 e. The zero-order valence-corrected chi connectivity index (χ0v) is 13.0. The molecule has 1 aromatic rings. The first-order valence-electron chi connectivity index (χ1n) is 6.76. The van der Waals surface area contributed by atoms with Crippen molar-refractivity contribution in [2.75, 3.05) is 19.0 Å². The molecule has 0 aliphatic carbocycles. The lowest BCUT2D eigenvalue weighted by molar-refractivity contribution is -0.142. The Hall–Kier alpha value is -2.97. The fraction of sp³-hybridized carbons (Fsp3) is 0.357. The smallest absolute Gasteiger partial charge is 0.427 e. The van der Waals surface area contributed by atoms with E-state index in [0.29, 0.717) is 5.69 Å². The lowest BCUT2D eigenvalue weighted by Crippen LogP contribution is -2.39. The van der Waals surface area contributed by atoms with Gasteiger partial charge < -0.3 is 14.8 Å². The van der Waals surface area contributed by atoms with E-state index in [1.54, 1.807) is 19.1 Å². The van der Waals surface area contributed by atoms with Gasteiger partial charge >= 0.3 is 12.1 Å². The maximum atomic E-state index is 12.1. The lowest BCUT2D eigenvalue weighted by atomic mass is 10.1. The summed E-state index contributed by atoms with van der Waals surface area (Å²) in [6.45, 7) is 3.39. The summed E-state index contributed by atoms with van der Waals surface area (Å²) in [7, 11) is 1.19. The molecule has 0 bridgehead atoms. The molecule has 0 heterocycles. The molecule has 1 atom stereocenters. The van der Waals surface area contributed by atoms with Crippen molar-refractivity contribution in [1.82, 2.24) is 5.43 Å². The second-order valence-electron chi connectivity index (χ2n) is 4.33. The van der Waals surface area contributed by atoms with Gasteiger partial charge in [-0.25, -0.2) is 15.0 Å². The fourth-order valence-corrected chi connectivity index (χ4v) is 1.62. The SMILES string of the molecule is CCOC(=O)C(Nc1cccc(N=O)c1)/C(C)=N/NC(=O)OC. The van der Waals surface area contributed by atoms with Crippen molar-refractivity contribution in [3.05, 3.63) is 29.2 Å². The number of benzene rings is 1. The van der Waals surface area contributed by atoms with Crippen LogP contribution < -0.4 is 10.7 Å². The highest BCUT2D eigenvalue weighted by Crippen LogP contribution is 2.18. The third-order valence-corrected chi connectivity index (χ3v) is 2.71. The zero-order valence-electron chi connectivity index (χ0n) is 13.0. The molecule has 0 fully saturated rings. The normalized spacial score (nSPS) is 12.0. The number of esters is 1. The Labute approximate surface area is 133 Å². The van der Waals surface area contributed by atoms with Gasteiger partial charge in [0.25, 0.3) is 0 Å². The van der Waals surface area contributed by atoms with Crippen LogP contribution in [0.2, 0.25) is 0 Å². The Morgan fingerprint density at radius 3 is 2.70 bits per heavy atom. The summed E-state index contributed by atoms with van der Waals surface area (Å²) in [6, 6.07) is 5.31. The van der Waals surface area contributed by atoms with Crippen LogP contribution in [0.4, 0.5) is 16.2 Å². The first kappa shape index (κ1) is 18.1. The monoisotopic (exact) mass is 322 g/mol. The fourth-order valence-electron chi connectivity index (χ4n) is 1.62. The number of carbonyl (C=O) groups excluding carboxylic acids is 2. The van der Waals surface area contributed by atoms with Gasteiger partial charge in [-0.1, -0.05) is 6.07 Å². The average Bonchev–Trinajstić information content (AvgIpc) is 2.57. The molecule has 1 amide bonds. The molecule has 9 nitrogen and oxygen atoms in total. The minimum atomic E-state index is -0.950. The van der Waals surface area contributed by atoms with E-state index in [9.17, 15) is 14.5 Å². The summed E-state index contributed by atoms with van der Waals surface area (Å²) in [4.78, 5) is 33.7. The van der Waals surface area contributed by atoms with Gasteiger partial charge in [-0.2, -0.15) is 5.10 Å². The predicted octanol–water partition coefficient (Wildman–Crippen LogP) is 2.16. The molecule has 1 rings (SSSR count). The van der Waals surface area contributed by atoms with E-state index in [2.05, 4.69) is 25.8 Å². The molecule has 124 valence electrons. The summed E-state index contributed by atoms with van der Waals surface area (Å²) in [6.07, 6.45) is -0.765. The molecule has 0 saturated heterocycles. The summed E-state index contributed by atoms with van der Waals surface area (Å²) in [5.41, 5.74) is 3.06. The number of nitroso groups, excluding NO2 is 1. The summed E-state index contributed by atoms with van der Waals surface area (Å²) in [5.74, 6) is -0.579. The average molecular weight is 322 g/mol. The van der Waals surface area contributed by atoms with Crippen molar-refractivity contribution in [2.45, 2.75) is 19.9 Å². The number of methoxy groups -OCH3 is 1. The number of anilines is 1. The molecule has 0 aliphatic heterocycles. The van der Waals surface area contributed by atoms with Gasteiger partial charge in [0.05, 0.1) is 19.4 Å². The molecule has 23 heavy (non-hydrogen) atoms. The van der Waals surface area contributed by atoms with Crippen LogP contribution in [-0.2, 0) is 14.3 Å². The number of nitrogens with zero attached hydrogens (tertiary/aromatic N) is 2. The van der Waals surface area contributed by atoms with Crippen molar-refractivity contribution in [1.29, 1.82) is 0 Å². The summed E-state index contributed by atoms with van der Waals surface area (Å²) in [5, 5.41) is 9.49. The lowest BCUT2D eigenvalue weighted by Gasteiger charge is -2.18. The number of hydrazone groups is 1. The molecular formula is C14H18N4O5. The molecule has 9 heteroatoms. The number of carbonyl (C=O) groups is 2. The van der Waals surface area contributed by atoms with Crippen molar-refractivity contribution >= 4 is 29.1 Å². The first-order chi connectivity index (χ1) is 11.0. The van der Waals surface area contributed by atoms with Crippen LogP contribution in [0.5, 0.6) is 0 Å². The zero-order chi connectivity index (χ0) is 17.2. The standard InChI is InChI=1S/C14H18N4O5/c1-4-23-13(19)12(9(2)16-17-14(20)22-3)15-10-6-5-7-11(8-10)18-21/h5-8,12,15H,4H2,1-3H3,(H,17,20)/b16-9+. The maximum absolute atomic E-state index is 12.1. The number of ether oxygens (including phenoxy) is 2. The summed E-state index contributed by atoms with van der Waals surface area (Å²) < 4.78 is 9.37. The highest BCUT2D eigenvalue weighted by Gasteiger charge is 2.23. The van der Waals surface area contributed by atoms with Crippen molar-refractivity contribution < 1.29 is 19.1 Å². The van der Waals surface area contributed by atoms with Gasteiger partial charge in [-0.3, -0.25) is 0 Å². The van der Waals surface area contributed by atoms with Crippen LogP contribution in [0, 0.1) is 4.91 Å². The van der Waals surface area contributed by atoms with Gasteiger partial charge in [0.1, 0.15) is 5.69 Å². The minimum absolute atomic E-state index is 0.185. The van der Waals surface area contributed by atoms with Gasteiger partial charge in [0.15, 0.2) is 6.04 Å². The largest absolute Gasteiger partial charge is 0.464 e. The van der Waals surface area contributed by atoms with Gasteiger partial charge in [0.2, 0.25) is 0 Å². The highest BCUT2D eigenvalue weighted by atomic mass is 16.5. The second-order valence-corrected chi connectivity index (χ2v) is 4.33. The number of nitrogens with one attached hydrogen (secondary N) is 2.